The minimum absolute atomic E-state index is 0.116. The van der Waals surface area contributed by atoms with Gasteiger partial charge in [-0.15, -0.1) is 0 Å². The Morgan fingerprint density at radius 2 is 1.90 bits per heavy atom. The molecule has 1 unspecified atom stereocenters. The van der Waals surface area contributed by atoms with Crippen molar-refractivity contribution in [1.82, 2.24) is 5.32 Å². The molecule has 1 aromatic rings. The lowest BCUT2D eigenvalue weighted by Gasteiger charge is -2.30. The van der Waals surface area contributed by atoms with E-state index >= 15 is 0 Å². The average Bonchev–Trinajstić information content (AvgIpc) is 2.43. The van der Waals surface area contributed by atoms with Gasteiger partial charge in [-0.05, 0) is 51.9 Å². The van der Waals surface area contributed by atoms with Crippen LogP contribution in [0, 0.1) is 5.82 Å². The zero-order chi connectivity index (χ0) is 15.1. The molecule has 20 heavy (non-hydrogen) atoms. The van der Waals surface area contributed by atoms with Crippen LogP contribution in [0.15, 0.2) is 18.2 Å². The molecule has 3 heteroatoms. The van der Waals surface area contributed by atoms with E-state index in [4.69, 9.17) is 0 Å². The molecule has 0 aliphatic heterocycles. The third kappa shape index (κ3) is 4.48. The molecule has 1 aromatic carbocycles. The molecule has 114 valence electrons. The molecule has 0 saturated heterocycles. The zero-order valence-corrected chi connectivity index (χ0v) is 13.5. The summed E-state index contributed by atoms with van der Waals surface area (Å²) in [5.74, 6) is -0.116. The lowest BCUT2D eigenvalue weighted by Crippen LogP contribution is -2.32. The maximum atomic E-state index is 14.4. The van der Waals surface area contributed by atoms with Gasteiger partial charge >= 0.3 is 0 Å². The van der Waals surface area contributed by atoms with Crippen molar-refractivity contribution in [2.24, 2.45) is 0 Å². The molecule has 1 rings (SSSR count). The Kier molecular flexibility index (Phi) is 7.00. The van der Waals surface area contributed by atoms with Crippen LogP contribution in [0.25, 0.3) is 0 Å². The highest BCUT2D eigenvalue weighted by atomic mass is 19.1. The minimum Gasteiger partial charge on any atom is -0.367 e. The molecule has 0 saturated carbocycles. The number of anilines is 1. The lowest BCUT2D eigenvalue weighted by molar-refractivity contribution is 0.577. The Balaban J connectivity index is 2.91. The van der Waals surface area contributed by atoms with Crippen molar-refractivity contribution >= 4 is 5.69 Å². The molecule has 0 aliphatic carbocycles. The molecule has 1 N–H and O–H groups in total. The third-order valence-corrected chi connectivity index (χ3v) is 3.84. The SMILES string of the molecule is CCCCCN(c1ccc(C(C)NC)cc1F)C(C)C. The van der Waals surface area contributed by atoms with E-state index in [0.29, 0.717) is 6.04 Å². The molecule has 0 radical (unpaired) electrons. The van der Waals surface area contributed by atoms with E-state index in [0.717, 1.165) is 24.2 Å². The molecular weight excluding hydrogens is 251 g/mol. The molecule has 0 aliphatic rings. The van der Waals surface area contributed by atoms with E-state index in [1.165, 1.54) is 12.8 Å². The van der Waals surface area contributed by atoms with Gasteiger partial charge in [-0.25, -0.2) is 4.39 Å². The van der Waals surface area contributed by atoms with Gasteiger partial charge in [0, 0.05) is 18.6 Å². The van der Waals surface area contributed by atoms with Gasteiger partial charge in [0.1, 0.15) is 5.82 Å². The van der Waals surface area contributed by atoms with Crippen molar-refractivity contribution in [1.29, 1.82) is 0 Å². The standard InChI is InChI=1S/C17H29FN2/c1-6-7-8-11-20(13(2)3)17-10-9-15(12-16(17)18)14(4)19-5/h9-10,12-14,19H,6-8,11H2,1-5H3. The number of hydrogen-bond donors (Lipinski definition) is 1. The van der Waals surface area contributed by atoms with Gasteiger partial charge in [0.2, 0.25) is 0 Å². The zero-order valence-electron chi connectivity index (χ0n) is 13.5. The first-order valence-electron chi connectivity index (χ1n) is 7.74. The number of nitrogens with one attached hydrogen (secondary N) is 1. The Hall–Kier alpha value is -1.09. The maximum absolute atomic E-state index is 14.4. The van der Waals surface area contributed by atoms with Gasteiger partial charge in [-0.1, -0.05) is 25.8 Å². The van der Waals surface area contributed by atoms with Crippen LogP contribution >= 0.6 is 0 Å². The Bertz CT molecular complexity index is 404. The topological polar surface area (TPSA) is 15.3 Å². The number of nitrogens with zero attached hydrogens (tertiary/aromatic N) is 1. The highest BCUT2D eigenvalue weighted by molar-refractivity contribution is 5.50. The molecule has 2 nitrogen and oxygen atoms in total. The highest BCUT2D eigenvalue weighted by Crippen LogP contribution is 2.25. The predicted molar refractivity (Wildman–Crippen MR) is 85.9 cm³/mol. The fourth-order valence-corrected chi connectivity index (χ4v) is 2.38. The fourth-order valence-electron chi connectivity index (χ4n) is 2.38. The number of halogens is 1. The smallest absolute Gasteiger partial charge is 0.146 e. The largest absolute Gasteiger partial charge is 0.367 e. The van der Waals surface area contributed by atoms with Crippen LogP contribution in [0.1, 0.15) is 58.6 Å². The fraction of sp³-hybridized carbons (Fsp3) is 0.647. The first-order valence-corrected chi connectivity index (χ1v) is 7.74. The van der Waals surface area contributed by atoms with Gasteiger partial charge < -0.3 is 10.2 Å². The summed E-state index contributed by atoms with van der Waals surface area (Å²) in [4.78, 5) is 2.17. The Labute approximate surface area is 123 Å². The van der Waals surface area contributed by atoms with E-state index < -0.39 is 0 Å². The first-order chi connectivity index (χ1) is 9.51. The number of benzene rings is 1. The molecular formula is C17H29FN2. The summed E-state index contributed by atoms with van der Waals surface area (Å²) >= 11 is 0. The summed E-state index contributed by atoms with van der Waals surface area (Å²) in [5.41, 5.74) is 1.72. The molecule has 0 spiro atoms. The number of hydrogen-bond acceptors (Lipinski definition) is 2. The van der Waals surface area contributed by atoms with Crippen molar-refractivity contribution in [2.45, 2.75) is 59.0 Å². The summed E-state index contributed by atoms with van der Waals surface area (Å²) in [6.45, 7) is 9.39. The summed E-state index contributed by atoms with van der Waals surface area (Å²) < 4.78 is 14.4. The van der Waals surface area contributed by atoms with Gasteiger partial charge in [0.05, 0.1) is 5.69 Å². The first kappa shape index (κ1) is 17.0. The minimum atomic E-state index is -0.116. The van der Waals surface area contributed by atoms with Gasteiger partial charge in [-0.2, -0.15) is 0 Å². The maximum Gasteiger partial charge on any atom is 0.146 e. The monoisotopic (exact) mass is 280 g/mol. The van der Waals surface area contributed by atoms with E-state index in [-0.39, 0.29) is 11.9 Å². The van der Waals surface area contributed by atoms with Crippen LogP contribution in [0.5, 0.6) is 0 Å². The number of unbranched alkanes of at least 4 members (excludes halogenated alkanes) is 2. The van der Waals surface area contributed by atoms with Crippen LogP contribution in [0.4, 0.5) is 10.1 Å². The number of rotatable bonds is 8. The lowest BCUT2D eigenvalue weighted by atomic mass is 10.1. The van der Waals surface area contributed by atoms with Crippen molar-refractivity contribution in [2.75, 3.05) is 18.5 Å². The second-order valence-electron chi connectivity index (χ2n) is 5.72. The van der Waals surface area contributed by atoms with E-state index in [1.807, 2.05) is 26.1 Å². The van der Waals surface area contributed by atoms with Crippen molar-refractivity contribution in [3.8, 4) is 0 Å². The van der Waals surface area contributed by atoms with E-state index in [9.17, 15) is 4.39 Å². The summed E-state index contributed by atoms with van der Waals surface area (Å²) in [5, 5.41) is 3.14. The normalized spacial score (nSPS) is 12.8. The quantitative estimate of drug-likeness (QED) is 0.705. The summed E-state index contributed by atoms with van der Waals surface area (Å²) in [7, 11) is 1.89. The van der Waals surface area contributed by atoms with Gasteiger partial charge in [-0.3, -0.25) is 0 Å². The molecule has 0 heterocycles. The van der Waals surface area contributed by atoms with E-state index in [1.54, 1.807) is 6.07 Å². The van der Waals surface area contributed by atoms with Crippen molar-refractivity contribution in [3.05, 3.63) is 29.6 Å². The predicted octanol–water partition coefficient (Wildman–Crippen LogP) is 4.51. The summed E-state index contributed by atoms with van der Waals surface area (Å²) in [6.07, 6.45) is 3.50. The molecule has 0 amide bonds. The van der Waals surface area contributed by atoms with Gasteiger partial charge in [0.15, 0.2) is 0 Å². The van der Waals surface area contributed by atoms with Crippen molar-refractivity contribution in [3.63, 3.8) is 0 Å². The Morgan fingerprint density at radius 3 is 2.40 bits per heavy atom. The van der Waals surface area contributed by atoms with Gasteiger partial charge in [0.25, 0.3) is 0 Å². The van der Waals surface area contributed by atoms with Crippen LogP contribution in [-0.2, 0) is 0 Å². The summed E-state index contributed by atoms with van der Waals surface area (Å²) in [6, 6.07) is 6.09. The third-order valence-electron chi connectivity index (χ3n) is 3.84. The van der Waals surface area contributed by atoms with E-state index in [2.05, 4.69) is 31.0 Å². The molecule has 0 aromatic heterocycles. The van der Waals surface area contributed by atoms with Crippen LogP contribution in [-0.4, -0.2) is 19.6 Å². The average molecular weight is 280 g/mol. The molecule has 1 atom stereocenters. The molecule has 0 fully saturated rings. The second kappa shape index (κ2) is 8.25. The van der Waals surface area contributed by atoms with Crippen LogP contribution < -0.4 is 10.2 Å². The second-order valence-corrected chi connectivity index (χ2v) is 5.72. The highest BCUT2D eigenvalue weighted by Gasteiger charge is 2.15. The van der Waals surface area contributed by atoms with Crippen LogP contribution in [0.2, 0.25) is 0 Å². The Morgan fingerprint density at radius 1 is 1.20 bits per heavy atom. The molecule has 0 bridgehead atoms. The van der Waals surface area contributed by atoms with Crippen molar-refractivity contribution < 1.29 is 4.39 Å². The van der Waals surface area contributed by atoms with Crippen LogP contribution in [0.3, 0.4) is 0 Å².